The number of hydrogen-bond donors (Lipinski definition) is 0. The van der Waals surface area contributed by atoms with E-state index in [4.69, 9.17) is 16.7 Å². The van der Waals surface area contributed by atoms with Crippen molar-refractivity contribution in [2.75, 3.05) is 5.01 Å². The van der Waals surface area contributed by atoms with E-state index in [0.717, 1.165) is 22.8 Å². The number of thiophene rings is 2. The van der Waals surface area contributed by atoms with Crippen molar-refractivity contribution in [2.45, 2.75) is 12.5 Å². The second-order valence-electron chi connectivity index (χ2n) is 5.50. The summed E-state index contributed by atoms with van der Waals surface area (Å²) in [5, 5.41) is 11.9. The van der Waals surface area contributed by atoms with Crippen LogP contribution in [0.15, 0.2) is 70.5 Å². The maximum Gasteiger partial charge on any atom is 0.0923 e. The summed E-state index contributed by atoms with van der Waals surface area (Å²) in [4.78, 5) is 2.57. The maximum absolute atomic E-state index is 6.03. The van der Waals surface area contributed by atoms with E-state index in [1.807, 2.05) is 24.3 Å². The Kier molecular flexibility index (Phi) is 4.52. The number of hydrogen-bond acceptors (Lipinski definition) is 4. The van der Waals surface area contributed by atoms with Crippen molar-refractivity contribution in [1.82, 2.24) is 0 Å². The molecule has 2 nitrogen and oxygen atoms in total. The summed E-state index contributed by atoms with van der Waals surface area (Å²) in [6, 6.07) is 16.6. The zero-order chi connectivity index (χ0) is 16.4. The third kappa shape index (κ3) is 3.31. The van der Waals surface area contributed by atoms with Crippen LogP contribution in [0.4, 0.5) is 5.69 Å². The molecule has 24 heavy (non-hydrogen) atoms. The quantitative estimate of drug-likeness (QED) is 0.512. The van der Waals surface area contributed by atoms with E-state index < -0.39 is 0 Å². The standard InChI is InChI=1S/C19H15ClN2S2/c20-14-5-8-16(9-6-14)22-18(19-4-2-12-24-19)13-15(21-22)7-10-17-3-1-11-23-17/h1-12,18H,13H2/b10-7+/t18-/m1/s1. The Bertz CT molecular complexity index is 849. The van der Waals surface area contributed by atoms with Gasteiger partial charge < -0.3 is 0 Å². The van der Waals surface area contributed by atoms with E-state index in [9.17, 15) is 0 Å². The minimum Gasteiger partial charge on any atom is -0.257 e. The van der Waals surface area contributed by atoms with Crippen LogP contribution in [-0.4, -0.2) is 5.71 Å². The van der Waals surface area contributed by atoms with E-state index in [1.165, 1.54) is 9.75 Å². The molecule has 0 amide bonds. The number of anilines is 1. The summed E-state index contributed by atoms with van der Waals surface area (Å²) in [6.07, 6.45) is 5.17. The van der Waals surface area contributed by atoms with Crippen molar-refractivity contribution in [3.05, 3.63) is 80.1 Å². The molecule has 0 unspecified atom stereocenters. The molecule has 1 aliphatic rings. The molecule has 1 aromatic carbocycles. The van der Waals surface area contributed by atoms with Gasteiger partial charge in [0.15, 0.2) is 0 Å². The predicted molar refractivity (Wildman–Crippen MR) is 106 cm³/mol. The van der Waals surface area contributed by atoms with Crippen LogP contribution in [0.1, 0.15) is 22.2 Å². The van der Waals surface area contributed by atoms with Crippen molar-refractivity contribution in [3.8, 4) is 0 Å². The van der Waals surface area contributed by atoms with Gasteiger partial charge in [-0.2, -0.15) is 5.10 Å². The Balaban J connectivity index is 1.64. The molecule has 0 saturated heterocycles. The molecule has 2 aromatic heterocycles. The summed E-state index contributed by atoms with van der Waals surface area (Å²) in [6.45, 7) is 0. The van der Waals surface area contributed by atoms with Crippen LogP contribution in [-0.2, 0) is 0 Å². The molecule has 3 aromatic rings. The lowest BCUT2D eigenvalue weighted by Gasteiger charge is -2.22. The molecule has 0 fully saturated rings. The fourth-order valence-corrected chi connectivity index (χ4v) is 4.29. The zero-order valence-electron chi connectivity index (χ0n) is 12.8. The molecule has 0 bridgehead atoms. The van der Waals surface area contributed by atoms with Crippen LogP contribution < -0.4 is 5.01 Å². The summed E-state index contributed by atoms with van der Waals surface area (Å²) in [5.41, 5.74) is 2.16. The van der Waals surface area contributed by atoms with Gasteiger partial charge in [0.05, 0.1) is 17.4 Å². The van der Waals surface area contributed by atoms with Crippen molar-refractivity contribution < 1.29 is 0 Å². The first-order valence-electron chi connectivity index (χ1n) is 7.67. The molecule has 1 aliphatic heterocycles. The number of benzene rings is 1. The zero-order valence-corrected chi connectivity index (χ0v) is 15.2. The predicted octanol–water partition coefficient (Wildman–Crippen LogP) is 6.48. The van der Waals surface area contributed by atoms with E-state index in [1.54, 1.807) is 22.7 Å². The molecule has 4 rings (SSSR count). The molecule has 120 valence electrons. The maximum atomic E-state index is 6.03. The van der Waals surface area contributed by atoms with Crippen molar-refractivity contribution in [3.63, 3.8) is 0 Å². The molecule has 5 heteroatoms. The molecule has 0 aliphatic carbocycles. The second kappa shape index (κ2) is 6.93. The van der Waals surface area contributed by atoms with E-state index >= 15 is 0 Å². The second-order valence-corrected chi connectivity index (χ2v) is 7.89. The Morgan fingerprint density at radius 2 is 1.79 bits per heavy atom. The van der Waals surface area contributed by atoms with Gasteiger partial charge in [-0.3, -0.25) is 5.01 Å². The Morgan fingerprint density at radius 3 is 2.50 bits per heavy atom. The number of nitrogens with zero attached hydrogens (tertiary/aromatic N) is 2. The summed E-state index contributed by atoms with van der Waals surface area (Å²) in [7, 11) is 0. The highest BCUT2D eigenvalue weighted by molar-refractivity contribution is 7.10. The van der Waals surface area contributed by atoms with Crippen molar-refractivity contribution >= 4 is 51.7 Å². The highest BCUT2D eigenvalue weighted by Gasteiger charge is 2.28. The summed E-state index contributed by atoms with van der Waals surface area (Å²) < 4.78 is 0. The van der Waals surface area contributed by atoms with Crippen LogP contribution in [0.25, 0.3) is 6.08 Å². The number of hydrazone groups is 1. The van der Waals surface area contributed by atoms with Gasteiger partial charge in [-0.15, -0.1) is 22.7 Å². The van der Waals surface area contributed by atoms with Crippen LogP contribution in [0.2, 0.25) is 5.02 Å². The third-order valence-electron chi connectivity index (χ3n) is 3.88. The van der Waals surface area contributed by atoms with Gasteiger partial charge >= 0.3 is 0 Å². The fourth-order valence-electron chi connectivity index (χ4n) is 2.73. The topological polar surface area (TPSA) is 15.6 Å². The molecular formula is C19H15ClN2S2. The highest BCUT2D eigenvalue weighted by atomic mass is 35.5. The van der Waals surface area contributed by atoms with Gasteiger partial charge in [0.25, 0.3) is 0 Å². The van der Waals surface area contributed by atoms with Crippen LogP contribution in [0.5, 0.6) is 0 Å². The molecule has 3 heterocycles. The lowest BCUT2D eigenvalue weighted by Crippen LogP contribution is -2.17. The average Bonchev–Trinajstić information content (AvgIpc) is 3.34. The minimum absolute atomic E-state index is 0.245. The van der Waals surface area contributed by atoms with Gasteiger partial charge in [-0.25, -0.2) is 0 Å². The molecule has 0 saturated carbocycles. The van der Waals surface area contributed by atoms with E-state index in [2.05, 4.69) is 52.2 Å². The smallest absolute Gasteiger partial charge is 0.0923 e. The lowest BCUT2D eigenvalue weighted by atomic mass is 10.1. The van der Waals surface area contributed by atoms with Gasteiger partial charge in [0.2, 0.25) is 0 Å². The van der Waals surface area contributed by atoms with Gasteiger partial charge in [-0.1, -0.05) is 23.7 Å². The third-order valence-corrected chi connectivity index (χ3v) is 5.94. The minimum atomic E-state index is 0.245. The molecule has 0 N–H and O–H groups in total. The summed E-state index contributed by atoms with van der Waals surface area (Å²) in [5.74, 6) is 0. The normalized spacial score (nSPS) is 17.6. The first-order valence-corrected chi connectivity index (χ1v) is 9.80. The average molecular weight is 371 g/mol. The first kappa shape index (κ1) is 15.6. The number of rotatable bonds is 4. The van der Waals surface area contributed by atoms with Crippen LogP contribution >= 0.6 is 34.3 Å². The van der Waals surface area contributed by atoms with Gasteiger partial charge in [-0.05, 0) is 59.3 Å². The van der Waals surface area contributed by atoms with Crippen LogP contribution in [0, 0.1) is 0 Å². The monoisotopic (exact) mass is 370 g/mol. The van der Waals surface area contributed by atoms with Crippen molar-refractivity contribution in [1.29, 1.82) is 0 Å². The Labute approximate surface area is 154 Å². The highest BCUT2D eigenvalue weighted by Crippen LogP contribution is 2.37. The van der Waals surface area contributed by atoms with Crippen LogP contribution in [0.3, 0.4) is 0 Å². The largest absolute Gasteiger partial charge is 0.257 e. The van der Waals surface area contributed by atoms with E-state index in [-0.39, 0.29) is 6.04 Å². The molecule has 0 radical (unpaired) electrons. The number of allylic oxidation sites excluding steroid dienone is 1. The number of halogens is 1. The SMILES string of the molecule is Clc1ccc(N2N=C(/C=C/c3cccs3)C[C@@H]2c2cccs2)cc1. The molecular weight excluding hydrogens is 356 g/mol. The van der Waals surface area contributed by atoms with Crippen molar-refractivity contribution in [2.24, 2.45) is 5.10 Å². The molecule has 1 atom stereocenters. The van der Waals surface area contributed by atoms with Gasteiger partial charge in [0.1, 0.15) is 0 Å². The molecule has 0 spiro atoms. The Hall–Kier alpha value is -1.88. The van der Waals surface area contributed by atoms with E-state index in [0.29, 0.717) is 0 Å². The first-order chi connectivity index (χ1) is 11.8. The van der Waals surface area contributed by atoms with Gasteiger partial charge in [0, 0.05) is 21.2 Å². The fraction of sp³-hybridized carbons (Fsp3) is 0.105. The summed E-state index contributed by atoms with van der Waals surface area (Å²) >= 11 is 9.54. The lowest BCUT2D eigenvalue weighted by molar-refractivity contribution is 0.722. The Morgan fingerprint density at radius 1 is 1.00 bits per heavy atom.